The van der Waals surface area contributed by atoms with Crippen LogP contribution in [0.3, 0.4) is 0 Å². The Morgan fingerprint density at radius 1 is 1.47 bits per heavy atom. The van der Waals surface area contributed by atoms with E-state index in [0.29, 0.717) is 5.33 Å². The Labute approximate surface area is 95.6 Å². The van der Waals surface area contributed by atoms with Crippen LogP contribution in [-0.4, -0.2) is 11.1 Å². The lowest BCUT2D eigenvalue weighted by Gasteiger charge is -2.08. The SMILES string of the molecule is Cc1ccc(C(=O)CCBr)c(C(F)F)c1. The van der Waals surface area contributed by atoms with Crippen molar-refractivity contribution in [1.82, 2.24) is 0 Å². The molecular formula is C11H11BrF2O. The van der Waals surface area contributed by atoms with Crippen LogP contribution in [0.5, 0.6) is 0 Å². The van der Waals surface area contributed by atoms with Crippen LogP contribution in [0.25, 0.3) is 0 Å². The molecule has 0 radical (unpaired) electrons. The number of benzene rings is 1. The summed E-state index contributed by atoms with van der Waals surface area (Å²) in [6.07, 6.45) is -2.36. The molecule has 0 aliphatic rings. The van der Waals surface area contributed by atoms with Crippen molar-refractivity contribution < 1.29 is 13.6 Å². The molecular weight excluding hydrogens is 266 g/mol. The van der Waals surface area contributed by atoms with Crippen LogP contribution in [0, 0.1) is 6.92 Å². The molecule has 0 spiro atoms. The predicted octanol–water partition coefficient (Wildman–Crippen LogP) is 3.90. The van der Waals surface area contributed by atoms with Gasteiger partial charge in [-0.1, -0.05) is 33.6 Å². The Morgan fingerprint density at radius 3 is 2.67 bits per heavy atom. The molecule has 0 aromatic heterocycles. The lowest BCUT2D eigenvalue weighted by Crippen LogP contribution is -2.05. The molecule has 0 aliphatic carbocycles. The van der Waals surface area contributed by atoms with Crippen LogP contribution in [-0.2, 0) is 0 Å². The smallest absolute Gasteiger partial charge is 0.264 e. The van der Waals surface area contributed by atoms with Crippen molar-refractivity contribution >= 4 is 21.7 Å². The van der Waals surface area contributed by atoms with Gasteiger partial charge in [0.25, 0.3) is 6.43 Å². The molecule has 0 fully saturated rings. The fourth-order valence-corrected chi connectivity index (χ4v) is 1.70. The van der Waals surface area contributed by atoms with Gasteiger partial charge in [-0.05, 0) is 13.0 Å². The average Bonchev–Trinajstić information content (AvgIpc) is 2.17. The van der Waals surface area contributed by atoms with Crippen molar-refractivity contribution in [3.8, 4) is 0 Å². The zero-order chi connectivity index (χ0) is 11.4. The van der Waals surface area contributed by atoms with E-state index in [1.807, 2.05) is 0 Å². The van der Waals surface area contributed by atoms with E-state index in [4.69, 9.17) is 0 Å². The van der Waals surface area contributed by atoms with Gasteiger partial charge in [-0.3, -0.25) is 4.79 Å². The largest absolute Gasteiger partial charge is 0.294 e. The third kappa shape index (κ3) is 3.09. The maximum atomic E-state index is 12.6. The Hall–Kier alpha value is -0.770. The first kappa shape index (κ1) is 12.3. The number of hydrogen-bond acceptors (Lipinski definition) is 1. The second kappa shape index (κ2) is 5.35. The minimum Gasteiger partial charge on any atom is -0.294 e. The van der Waals surface area contributed by atoms with E-state index in [1.54, 1.807) is 13.0 Å². The van der Waals surface area contributed by atoms with Crippen LogP contribution in [0.4, 0.5) is 8.78 Å². The molecule has 1 aromatic carbocycles. The van der Waals surface area contributed by atoms with Gasteiger partial charge in [-0.15, -0.1) is 0 Å². The third-order valence-corrected chi connectivity index (χ3v) is 2.46. The molecule has 15 heavy (non-hydrogen) atoms. The molecule has 1 rings (SSSR count). The molecule has 1 aromatic rings. The first-order valence-electron chi connectivity index (χ1n) is 4.54. The summed E-state index contributed by atoms with van der Waals surface area (Å²) in [7, 11) is 0. The van der Waals surface area contributed by atoms with E-state index in [0.717, 1.165) is 5.56 Å². The molecule has 82 valence electrons. The summed E-state index contributed by atoms with van der Waals surface area (Å²) in [6.45, 7) is 1.73. The van der Waals surface area contributed by atoms with Gasteiger partial charge in [-0.25, -0.2) is 8.78 Å². The highest BCUT2D eigenvalue weighted by Gasteiger charge is 2.17. The Kier molecular flexibility index (Phi) is 4.39. The number of carbonyl (C=O) groups excluding carboxylic acids is 1. The monoisotopic (exact) mass is 276 g/mol. The first-order chi connectivity index (χ1) is 7.06. The average molecular weight is 277 g/mol. The number of halogens is 3. The highest BCUT2D eigenvalue weighted by atomic mass is 79.9. The van der Waals surface area contributed by atoms with Crippen molar-refractivity contribution in [1.29, 1.82) is 0 Å². The third-order valence-electron chi connectivity index (χ3n) is 2.06. The highest BCUT2D eigenvalue weighted by molar-refractivity contribution is 9.09. The van der Waals surface area contributed by atoms with E-state index in [-0.39, 0.29) is 23.3 Å². The predicted molar refractivity (Wildman–Crippen MR) is 58.9 cm³/mol. The molecule has 0 aliphatic heterocycles. The van der Waals surface area contributed by atoms with Gasteiger partial charge in [0.15, 0.2) is 5.78 Å². The van der Waals surface area contributed by atoms with Gasteiger partial charge in [-0.2, -0.15) is 0 Å². The van der Waals surface area contributed by atoms with Gasteiger partial charge >= 0.3 is 0 Å². The molecule has 0 amide bonds. The van der Waals surface area contributed by atoms with Crippen molar-refractivity contribution in [3.05, 3.63) is 34.9 Å². The molecule has 0 N–H and O–H groups in total. The number of alkyl halides is 3. The van der Waals surface area contributed by atoms with E-state index in [9.17, 15) is 13.6 Å². The summed E-state index contributed by atoms with van der Waals surface area (Å²) < 4.78 is 25.3. The number of ketones is 1. The van der Waals surface area contributed by atoms with Gasteiger partial charge in [0, 0.05) is 22.9 Å². The number of hydrogen-bond donors (Lipinski definition) is 0. The second-order valence-electron chi connectivity index (χ2n) is 3.25. The summed E-state index contributed by atoms with van der Waals surface area (Å²) in [5, 5.41) is 0.488. The van der Waals surface area contributed by atoms with Crippen LogP contribution < -0.4 is 0 Å². The van der Waals surface area contributed by atoms with Crippen LogP contribution in [0.1, 0.15) is 34.3 Å². The fraction of sp³-hybridized carbons (Fsp3) is 0.364. The summed E-state index contributed by atoms with van der Waals surface area (Å²) in [4.78, 5) is 11.5. The molecule has 0 bridgehead atoms. The molecule has 1 nitrogen and oxygen atoms in total. The molecule has 0 saturated carbocycles. The van der Waals surface area contributed by atoms with Gasteiger partial charge < -0.3 is 0 Å². The quantitative estimate of drug-likeness (QED) is 0.602. The minimum absolute atomic E-state index is 0.134. The summed E-state index contributed by atoms with van der Waals surface area (Å²) in [5.74, 6) is -0.248. The maximum absolute atomic E-state index is 12.6. The molecule has 0 unspecified atom stereocenters. The number of Topliss-reactive ketones (excluding diaryl/α,β-unsaturated/α-hetero) is 1. The highest BCUT2D eigenvalue weighted by Crippen LogP contribution is 2.25. The number of carbonyl (C=O) groups is 1. The van der Waals surface area contributed by atoms with E-state index in [2.05, 4.69) is 15.9 Å². The molecule has 0 heterocycles. The zero-order valence-corrected chi connectivity index (χ0v) is 9.85. The maximum Gasteiger partial charge on any atom is 0.264 e. The van der Waals surface area contributed by atoms with Crippen LogP contribution in [0.2, 0.25) is 0 Å². The topological polar surface area (TPSA) is 17.1 Å². The lowest BCUT2D eigenvalue weighted by atomic mass is 10.00. The van der Waals surface area contributed by atoms with E-state index < -0.39 is 6.43 Å². The molecule has 0 atom stereocenters. The van der Waals surface area contributed by atoms with Crippen LogP contribution >= 0.6 is 15.9 Å². The van der Waals surface area contributed by atoms with E-state index >= 15 is 0 Å². The standard InChI is InChI=1S/C11H11BrF2O/c1-7-2-3-8(10(15)4-5-12)9(6-7)11(13)14/h2-3,6,11H,4-5H2,1H3. The van der Waals surface area contributed by atoms with Gasteiger partial charge in [0.2, 0.25) is 0 Å². The minimum atomic E-state index is -2.60. The van der Waals surface area contributed by atoms with Crippen molar-refractivity contribution in [3.63, 3.8) is 0 Å². The summed E-state index contributed by atoms with van der Waals surface area (Å²) in [5.41, 5.74) is 0.705. The molecule has 4 heteroatoms. The number of rotatable bonds is 4. The summed E-state index contributed by atoms with van der Waals surface area (Å²) in [6, 6.07) is 4.52. The van der Waals surface area contributed by atoms with Gasteiger partial charge in [0.05, 0.1) is 0 Å². The fourth-order valence-electron chi connectivity index (χ4n) is 1.34. The van der Waals surface area contributed by atoms with Crippen molar-refractivity contribution in [2.45, 2.75) is 19.8 Å². The van der Waals surface area contributed by atoms with Crippen molar-refractivity contribution in [2.24, 2.45) is 0 Å². The normalized spacial score (nSPS) is 10.7. The Balaban J connectivity index is 3.11. The van der Waals surface area contributed by atoms with Crippen LogP contribution in [0.15, 0.2) is 18.2 Å². The Bertz CT molecular complexity index is 364. The Morgan fingerprint density at radius 2 is 2.13 bits per heavy atom. The van der Waals surface area contributed by atoms with E-state index in [1.165, 1.54) is 12.1 Å². The second-order valence-corrected chi connectivity index (χ2v) is 4.05. The molecule has 0 saturated heterocycles. The first-order valence-corrected chi connectivity index (χ1v) is 5.66. The van der Waals surface area contributed by atoms with Crippen molar-refractivity contribution in [2.75, 3.05) is 5.33 Å². The summed E-state index contributed by atoms with van der Waals surface area (Å²) >= 11 is 3.12. The number of aryl methyl sites for hydroxylation is 1. The zero-order valence-electron chi connectivity index (χ0n) is 8.27. The lowest BCUT2D eigenvalue weighted by molar-refractivity contribution is 0.0976. The van der Waals surface area contributed by atoms with Gasteiger partial charge in [0.1, 0.15) is 0 Å².